The van der Waals surface area contributed by atoms with Crippen LogP contribution in [0.4, 0.5) is 0 Å². The highest BCUT2D eigenvalue weighted by molar-refractivity contribution is 7.99. The average molecular weight is 247 g/mol. The van der Waals surface area contributed by atoms with E-state index in [1.54, 1.807) is 25.1 Å². The van der Waals surface area contributed by atoms with Gasteiger partial charge in [0.15, 0.2) is 0 Å². The fourth-order valence-corrected chi connectivity index (χ4v) is 2.21. The molecule has 5 heteroatoms. The van der Waals surface area contributed by atoms with Gasteiger partial charge < -0.3 is 10.5 Å². The zero-order valence-corrected chi connectivity index (χ0v) is 10.3. The Hall–Kier alpha value is -1.59. The molecule has 0 bridgehead atoms. The van der Waals surface area contributed by atoms with Gasteiger partial charge in [0.25, 0.3) is 0 Å². The molecule has 0 amide bonds. The Morgan fingerprint density at radius 1 is 1.24 bits per heavy atom. The molecule has 0 atom stereocenters. The lowest BCUT2D eigenvalue weighted by atomic mass is 10.3. The molecule has 2 aromatic rings. The van der Waals surface area contributed by atoms with Crippen LogP contribution in [0.2, 0.25) is 0 Å². The minimum atomic E-state index is 0.466. The van der Waals surface area contributed by atoms with E-state index in [1.165, 1.54) is 0 Å². The molecule has 2 rings (SSSR count). The highest BCUT2D eigenvalue weighted by atomic mass is 32.2. The molecule has 4 nitrogen and oxygen atoms in total. The predicted molar refractivity (Wildman–Crippen MR) is 67.0 cm³/mol. The Morgan fingerprint density at radius 3 is 2.65 bits per heavy atom. The standard InChI is InChI=1S/C12H13N3OS/c1-16-10-2-4-11(5-3-10)17-12-9(8-13)6-7-14-15-12/h2-7H,8,13H2,1H3. The van der Waals surface area contributed by atoms with Gasteiger partial charge in [0, 0.05) is 23.2 Å². The summed E-state index contributed by atoms with van der Waals surface area (Å²) in [5, 5.41) is 8.81. The van der Waals surface area contributed by atoms with Gasteiger partial charge in [0.2, 0.25) is 0 Å². The van der Waals surface area contributed by atoms with Gasteiger partial charge in [-0.2, -0.15) is 5.10 Å². The second kappa shape index (κ2) is 5.65. The summed E-state index contributed by atoms with van der Waals surface area (Å²) >= 11 is 1.55. The van der Waals surface area contributed by atoms with E-state index in [0.717, 1.165) is 21.2 Å². The topological polar surface area (TPSA) is 61.0 Å². The van der Waals surface area contributed by atoms with Crippen molar-refractivity contribution in [1.29, 1.82) is 0 Å². The maximum atomic E-state index is 5.65. The van der Waals surface area contributed by atoms with Crippen molar-refractivity contribution in [2.75, 3.05) is 7.11 Å². The smallest absolute Gasteiger partial charge is 0.128 e. The highest BCUT2D eigenvalue weighted by Gasteiger charge is 2.05. The van der Waals surface area contributed by atoms with Crippen molar-refractivity contribution in [1.82, 2.24) is 10.2 Å². The maximum absolute atomic E-state index is 5.65. The molecule has 1 aromatic carbocycles. The Labute approximate surface area is 104 Å². The van der Waals surface area contributed by atoms with Gasteiger partial charge >= 0.3 is 0 Å². The number of hydrogen-bond acceptors (Lipinski definition) is 5. The fraction of sp³-hybridized carbons (Fsp3) is 0.167. The minimum absolute atomic E-state index is 0.466. The molecule has 1 heterocycles. The molecule has 88 valence electrons. The largest absolute Gasteiger partial charge is 0.497 e. The predicted octanol–water partition coefficient (Wildman–Crippen LogP) is 2.10. The van der Waals surface area contributed by atoms with E-state index in [4.69, 9.17) is 10.5 Å². The number of methoxy groups -OCH3 is 1. The van der Waals surface area contributed by atoms with Crippen LogP contribution in [0.1, 0.15) is 5.56 Å². The third-order valence-electron chi connectivity index (χ3n) is 2.26. The molecule has 0 fully saturated rings. The summed E-state index contributed by atoms with van der Waals surface area (Å²) in [5.41, 5.74) is 6.65. The maximum Gasteiger partial charge on any atom is 0.128 e. The van der Waals surface area contributed by atoms with E-state index in [0.29, 0.717) is 6.54 Å². The quantitative estimate of drug-likeness (QED) is 0.896. The van der Waals surface area contributed by atoms with Crippen LogP contribution in [-0.2, 0) is 6.54 Å². The van der Waals surface area contributed by atoms with E-state index in [9.17, 15) is 0 Å². The third kappa shape index (κ3) is 2.95. The van der Waals surface area contributed by atoms with Crippen molar-refractivity contribution in [3.8, 4) is 5.75 Å². The number of hydrogen-bond donors (Lipinski definition) is 1. The first-order valence-electron chi connectivity index (χ1n) is 5.16. The highest BCUT2D eigenvalue weighted by Crippen LogP contribution is 2.29. The van der Waals surface area contributed by atoms with Crippen molar-refractivity contribution in [3.63, 3.8) is 0 Å². The van der Waals surface area contributed by atoms with Crippen molar-refractivity contribution in [2.45, 2.75) is 16.5 Å². The lowest BCUT2D eigenvalue weighted by Gasteiger charge is -2.05. The molecule has 1 aromatic heterocycles. The van der Waals surface area contributed by atoms with Crippen LogP contribution < -0.4 is 10.5 Å². The van der Waals surface area contributed by atoms with Crippen molar-refractivity contribution >= 4 is 11.8 Å². The number of benzene rings is 1. The molecule has 2 N–H and O–H groups in total. The van der Waals surface area contributed by atoms with Crippen LogP contribution in [0.25, 0.3) is 0 Å². The van der Waals surface area contributed by atoms with Crippen LogP contribution in [0, 0.1) is 0 Å². The number of rotatable bonds is 4. The third-order valence-corrected chi connectivity index (χ3v) is 3.30. The first kappa shape index (κ1) is 11.9. The van der Waals surface area contributed by atoms with Crippen molar-refractivity contribution in [3.05, 3.63) is 42.1 Å². The van der Waals surface area contributed by atoms with E-state index < -0.39 is 0 Å². The van der Waals surface area contributed by atoms with Gasteiger partial charge in [-0.15, -0.1) is 5.10 Å². The molecule has 17 heavy (non-hydrogen) atoms. The normalized spacial score (nSPS) is 10.2. The Morgan fingerprint density at radius 2 is 2.00 bits per heavy atom. The van der Waals surface area contributed by atoms with Crippen LogP contribution in [0.5, 0.6) is 5.75 Å². The number of nitrogens with zero attached hydrogens (tertiary/aromatic N) is 2. The molecular formula is C12H13N3OS. The molecule has 0 spiro atoms. The monoisotopic (exact) mass is 247 g/mol. The summed E-state index contributed by atoms with van der Waals surface area (Å²) in [6, 6.07) is 9.69. The molecule has 0 aliphatic rings. The van der Waals surface area contributed by atoms with E-state index >= 15 is 0 Å². The zero-order valence-electron chi connectivity index (χ0n) is 9.46. The van der Waals surface area contributed by atoms with Crippen LogP contribution >= 0.6 is 11.8 Å². The summed E-state index contributed by atoms with van der Waals surface area (Å²) in [4.78, 5) is 1.08. The second-order valence-electron chi connectivity index (χ2n) is 3.34. The van der Waals surface area contributed by atoms with Crippen LogP contribution in [0.15, 0.2) is 46.5 Å². The molecule has 0 aliphatic heterocycles. The Kier molecular flexibility index (Phi) is 3.95. The summed E-state index contributed by atoms with van der Waals surface area (Å²) in [6.07, 6.45) is 1.65. The number of nitrogens with two attached hydrogens (primary N) is 1. The fourth-order valence-electron chi connectivity index (χ4n) is 1.34. The van der Waals surface area contributed by atoms with Gasteiger partial charge in [-0.25, -0.2) is 0 Å². The van der Waals surface area contributed by atoms with Crippen molar-refractivity contribution in [2.24, 2.45) is 5.73 Å². The van der Waals surface area contributed by atoms with Crippen molar-refractivity contribution < 1.29 is 4.74 Å². The lowest BCUT2D eigenvalue weighted by Crippen LogP contribution is -2.00. The van der Waals surface area contributed by atoms with Gasteiger partial charge in [0.05, 0.1) is 7.11 Å². The van der Waals surface area contributed by atoms with E-state index in [-0.39, 0.29) is 0 Å². The first-order valence-corrected chi connectivity index (χ1v) is 5.97. The number of aromatic nitrogens is 2. The van der Waals surface area contributed by atoms with Gasteiger partial charge in [0.1, 0.15) is 10.8 Å². The van der Waals surface area contributed by atoms with Gasteiger partial charge in [-0.3, -0.25) is 0 Å². The molecule has 0 radical (unpaired) electrons. The average Bonchev–Trinajstić information content (AvgIpc) is 2.40. The van der Waals surface area contributed by atoms with E-state index in [2.05, 4.69) is 10.2 Å². The summed E-state index contributed by atoms with van der Waals surface area (Å²) < 4.78 is 5.11. The molecule has 0 unspecified atom stereocenters. The second-order valence-corrected chi connectivity index (χ2v) is 4.41. The van der Waals surface area contributed by atoms with Crippen LogP contribution in [-0.4, -0.2) is 17.3 Å². The van der Waals surface area contributed by atoms with Gasteiger partial charge in [-0.1, -0.05) is 11.8 Å². The van der Waals surface area contributed by atoms with Gasteiger partial charge in [-0.05, 0) is 30.3 Å². The Balaban J connectivity index is 2.19. The number of ether oxygens (including phenoxy) is 1. The SMILES string of the molecule is COc1ccc(Sc2nnccc2CN)cc1. The first-order chi connectivity index (χ1) is 8.33. The summed E-state index contributed by atoms with van der Waals surface area (Å²) in [5.74, 6) is 0.840. The summed E-state index contributed by atoms with van der Waals surface area (Å²) in [6.45, 7) is 0.466. The Bertz CT molecular complexity index is 487. The lowest BCUT2D eigenvalue weighted by molar-refractivity contribution is 0.414. The molecular weight excluding hydrogens is 234 g/mol. The van der Waals surface area contributed by atoms with Crippen LogP contribution in [0.3, 0.4) is 0 Å². The molecule has 0 saturated carbocycles. The van der Waals surface area contributed by atoms with E-state index in [1.807, 2.05) is 30.3 Å². The minimum Gasteiger partial charge on any atom is -0.497 e. The molecule has 0 saturated heterocycles. The summed E-state index contributed by atoms with van der Waals surface area (Å²) in [7, 11) is 1.65. The zero-order chi connectivity index (χ0) is 12.1. The molecule has 0 aliphatic carbocycles.